The first-order valence-electron chi connectivity index (χ1n) is 10.9. The number of carbonyl (C=O) groups excluding carboxylic acids is 1. The molecule has 0 spiro atoms. The van der Waals surface area contributed by atoms with Gasteiger partial charge >= 0.3 is 0 Å². The Bertz CT molecular complexity index is 1190. The molecule has 9 heteroatoms. The molecule has 0 saturated heterocycles. The van der Waals surface area contributed by atoms with Gasteiger partial charge in [-0.3, -0.25) is 4.79 Å². The van der Waals surface area contributed by atoms with Gasteiger partial charge in [0.25, 0.3) is 0 Å². The maximum Gasteiger partial charge on any atom is 0.226 e. The maximum absolute atomic E-state index is 11.9. The van der Waals surface area contributed by atoms with E-state index in [0.29, 0.717) is 17.2 Å². The Morgan fingerprint density at radius 3 is 2.26 bits per heavy atom. The van der Waals surface area contributed by atoms with Crippen molar-refractivity contribution in [1.82, 2.24) is 9.97 Å². The zero-order valence-electron chi connectivity index (χ0n) is 19.3. The number of carbonyl (C=O) groups is 1. The molecular formula is C26H25Cl2N3O3S. The number of hydrogen-bond donors (Lipinski definition) is 2. The van der Waals surface area contributed by atoms with Crippen LogP contribution in [0.25, 0.3) is 22.5 Å². The van der Waals surface area contributed by atoms with Gasteiger partial charge in [0.05, 0.1) is 36.4 Å². The molecule has 1 amide bonds. The van der Waals surface area contributed by atoms with E-state index >= 15 is 0 Å². The molecule has 3 N–H and O–H groups in total. The van der Waals surface area contributed by atoms with Crippen molar-refractivity contribution in [1.29, 1.82) is 0 Å². The number of imidazole rings is 1. The molecule has 1 heterocycles. The molecule has 6 nitrogen and oxygen atoms in total. The highest BCUT2D eigenvalue weighted by Gasteiger charge is 2.39. The Morgan fingerprint density at radius 2 is 1.69 bits per heavy atom. The molecule has 1 aliphatic rings. The number of rotatable bonds is 9. The largest absolute Gasteiger partial charge is 0.497 e. The molecule has 0 radical (unpaired) electrons. The van der Waals surface area contributed by atoms with Gasteiger partial charge in [-0.05, 0) is 67.1 Å². The molecule has 0 bridgehead atoms. The minimum Gasteiger partial charge on any atom is -0.497 e. The van der Waals surface area contributed by atoms with E-state index in [1.807, 2.05) is 48.5 Å². The van der Waals surface area contributed by atoms with Crippen molar-refractivity contribution in [3.8, 4) is 34.0 Å². The standard InChI is InChI=1S/C26H25Cl2N3O3S/c1-33-19-8-3-16(4-9-19)22-23(17-5-10-20(34-2)11-6-17)31-25(30-22)35-14-13-26(28)15-18(27)7-12-21(26)24(29)32/h3-12,15,21H,13-14H2,1-2H3,(H2,29,32)(H,30,31). The SMILES string of the molecule is COc1ccc(-c2nc(SCCC3(Cl)C=C(Cl)C=CC3C(N)=O)[nH]c2-c2ccc(OC)cc2)cc1. The predicted octanol–water partition coefficient (Wildman–Crippen LogP) is 6.01. The second kappa shape index (κ2) is 10.8. The molecule has 2 unspecified atom stereocenters. The summed E-state index contributed by atoms with van der Waals surface area (Å²) in [7, 11) is 3.28. The first-order chi connectivity index (χ1) is 16.8. The van der Waals surface area contributed by atoms with Gasteiger partial charge in [-0.2, -0.15) is 0 Å². The van der Waals surface area contributed by atoms with Crippen LogP contribution in [0.1, 0.15) is 6.42 Å². The highest BCUT2D eigenvalue weighted by molar-refractivity contribution is 7.99. The van der Waals surface area contributed by atoms with Gasteiger partial charge in [0, 0.05) is 21.9 Å². The van der Waals surface area contributed by atoms with Crippen molar-refractivity contribution in [2.24, 2.45) is 11.7 Å². The second-order valence-electron chi connectivity index (χ2n) is 8.02. The van der Waals surface area contributed by atoms with E-state index in [9.17, 15) is 4.79 Å². The monoisotopic (exact) mass is 529 g/mol. The van der Waals surface area contributed by atoms with Gasteiger partial charge in [0.15, 0.2) is 5.16 Å². The zero-order chi connectivity index (χ0) is 25.0. The summed E-state index contributed by atoms with van der Waals surface area (Å²) < 4.78 is 10.6. The molecule has 0 saturated carbocycles. The van der Waals surface area contributed by atoms with Crippen LogP contribution in [0.3, 0.4) is 0 Å². The highest BCUT2D eigenvalue weighted by Crippen LogP contribution is 2.40. The number of allylic oxidation sites excluding steroid dienone is 3. The van der Waals surface area contributed by atoms with Crippen LogP contribution in [0.15, 0.2) is 76.9 Å². The lowest BCUT2D eigenvalue weighted by Crippen LogP contribution is -2.40. The first-order valence-corrected chi connectivity index (χ1v) is 12.6. The van der Waals surface area contributed by atoms with Crippen molar-refractivity contribution in [2.45, 2.75) is 16.5 Å². The lowest BCUT2D eigenvalue weighted by atomic mass is 9.85. The molecule has 35 heavy (non-hydrogen) atoms. The van der Waals surface area contributed by atoms with Crippen molar-refractivity contribution in [3.05, 3.63) is 71.8 Å². The zero-order valence-corrected chi connectivity index (χ0v) is 21.6. The fraction of sp³-hybridized carbons (Fsp3) is 0.231. The summed E-state index contributed by atoms with van der Waals surface area (Å²) in [6.45, 7) is 0. The van der Waals surface area contributed by atoms with Crippen LogP contribution in [0, 0.1) is 5.92 Å². The van der Waals surface area contributed by atoms with Crippen LogP contribution < -0.4 is 15.2 Å². The fourth-order valence-corrected chi connectivity index (χ4v) is 5.71. The number of alkyl halides is 1. The number of aromatic amines is 1. The van der Waals surface area contributed by atoms with Gasteiger partial charge in [-0.25, -0.2) is 4.98 Å². The van der Waals surface area contributed by atoms with Crippen molar-refractivity contribution < 1.29 is 14.3 Å². The minimum absolute atomic E-state index is 0.476. The summed E-state index contributed by atoms with van der Waals surface area (Å²) >= 11 is 14.5. The number of amides is 1. The summed E-state index contributed by atoms with van der Waals surface area (Å²) in [5, 5.41) is 1.23. The normalized spacial score (nSPS) is 19.3. The van der Waals surface area contributed by atoms with Gasteiger partial charge < -0.3 is 20.2 Å². The van der Waals surface area contributed by atoms with Crippen LogP contribution in [0.4, 0.5) is 0 Å². The van der Waals surface area contributed by atoms with Crippen LogP contribution in [0.5, 0.6) is 11.5 Å². The molecule has 0 fully saturated rings. The molecule has 4 rings (SSSR count). The summed E-state index contributed by atoms with van der Waals surface area (Å²) in [5.41, 5.74) is 9.21. The minimum atomic E-state index is -0.977. The van der Waals surface area contributed by atoms with Crippen LogP contribution in [-0.2, 0) is 4.79 Å². The molecular weight excluding hydrogens is 505 g/mol. The van der Waals surface area contributed by atoms with Crippen molar-refractivity contribution in [2.75, 3.05) is 20.0 Å². The van der Waals surface area contributed by atoms with E-state index in [0.717, 1.165) is 39.2 Å². The highest BCUT2D eigenvalue weighted by atomic mass is 35.5. The molecule has 3 aromatic rings. The third kappa shape index (κ3) is 5.69. The summed E-state index contributed by atoms with van der Waals surface area (Å²) in [4.78, 5) is 19.3. The predicted molar refractivity (Wildman–Crippen MR) is 142 cm³/mol. The number of thioether (sulfide) groups is 1. The average Bonchev–Trinajstić information content (AvgIpc) is 3.28. The lowest BCUT2D eigenvalue weighted by molar-refractivity contribution is -0.121. The Balaban J connectivity index is 1.59. The number of aromatic nitrogens is 2. The number of ether oxygens (including phenoxy) is 2. The number of benzene rings is 2. The molecule has 1 aromatic heterocycles. The number of nitrogens with zero attached hydrogens (tertiary/aromatic N) is 1. The number of methoxy groups -OCH3 is 2. The summed E-state index contributed by atoms with van der Waals surface area (Å²) in [6.07, 6.45) is 5.49. The quantitative estimate of drug-likeness (QED) is 0.261. The number of hydrogen-bond acceptors (Lipinski definition) is 5. The third-order valence-corrected chi connectivity index (χ3v) is 7.44. The van der Waals surface area contributed by atoms with E-state index in [1.54, 1.807) is 32.4 Å². The number of nitrogens with two attached hydrogens (primary N) is 1. The summed E-state index contributed by atoms with van der Waals surface area (Å²) in [5.74, 6) is 1.03. The van der Waals surface area contributed by atoms with Gasteiger partial charge in [-0.1, -0.05) is 29.4 Å². The van der Waals surface area contributed by atoms with E-state index in [4.69, 9.17) is 43.4 Å². The van der Waals surface area contributed by atoms with Gasteiger partial charge in [0.1, 0.15) is 11.5 Å². The third-order valence-electron chi connectivity index (χ3n) is 5.80. The average molecular weight is 530 g/mol. The lowest BCUT2D eigenvalue weighted by Gasteiger charge is -2.31. The fourth-order valence-electron chi connectivity index (χ4n) is 3.92. The molecule has 1 aliphatic carbocycles. The Hall–Kier alpha value is -2.87. The topological polar surface area (TPSA) is 90.2 Å². The van der Waals surface area contributed by atoms with Gasteiger partial charge in [-0.15, -0.1) is 11.6 Å². The van der Waals surface area contributed by atoms with Gasteiger partial charge in [0.2, 0.25) is 5.91 Å². The number of primary amides is 1. The first kappa shape index (κ1) is 25.2. The molecule has 182 valence electrons. The van der Waals surface area contributed by atoms with E-state index in [-0.39, 0.29) is 0 Å². The Labute approximate surface area is 218 Å². The Kier molecular flexibility index (Phi) is 7.79. The van der Waals surface area contributed by atoms with Crippen LogP contribution in [-0.4, -0.2) is 40.7 Å². The Morgan fingerprint density at radius 1 is 1.09 bits per heavy atom. The second-order valence-corrected chi connectivity index (χ2v) is 10.2. The maximum atomic E-state index is 11.9. The van der Waals surface area contributed by atoms with E-state index < -0.39 is 16.7 Å². The van der Waals surface area contributed by atoms with Crippen LogP contribution >= 0.6 is 35.0 Å². The summed E-state index contributed by atoms with van der Waals surface area (Å²) in [6, 6.07) is 15.6. The number of H-pyrrole nitrogens is 1. The molecule has 0 aliphatic heterocycles. The van der Waals surface area contributed by atoms with E-state index in [1.165, 1.54) is 11.8 Å². The smallest absolute Gasteiger partial charge is 0.226 e. The van der Waals surface area contributed by atoms with Crippen LogP contribution in [0.2, 0.25) is 0 Å². The van der Waals surface area contributed by atoms with E-state index in [2.05, 4.69) is 4.98 Å². The molecule has 2 aromatic carbocycles. The number of nitrogens with one attached hydrogen (secondary N) is 1. The number of halogens is 2. The van der Waals surface area contributed by atoms with Crippen molar-refractivity contribution >= 4 is 40.9 Å². The molecule has 2 atom stereocenters. The van der Waals surface area contributed by atoms with Crippen molar-refractivity contribution in [3.63, 3.8) is 0 Å².